The first-order chi connectivity index (χ1) is 17.1. The Morgan fingerprint density at radius 1 is 0.889 bits per heavy atom. The highest BCUT2D eigenvalue weighted by atomic mass is 19.1. The summed E-state index contributed by atoms with van der Waals surface area (Å²) < 4.78 is 39.9. The molecule has 1 atom stereocenters. The van der Waals surface area contributed by atoms with E-state index in [4.69, 9.17) is 0 Å². The summed E-state index contributed by atoms with van der Waals surface area (Å²) in [5.74, 6) is -2.53. The number of benzene rings is 2. The van der Waals surface area contributed by atoms with E-state index < -0.39 is 34.7 Å². The van der Waals surface area contributed by atoms with Crippen LogP contribution in [0.1, 0.15) is 41.6 Å². The van der Waals surface area contributed by atoms with Gasteiger partial charge in [0.05, 0.1) is 17.3 Å². The molecular formula is C27H31F3N2O4. The second kappa shape index (κ2) is 10.7. The molecule has 2 aliphatic heterocycles. The number of likely N-dealkylation sites (tertiary alicyclic amines) is 2. The summed E-state index contributed by atoms with van der Waals surface area (Å²) in [5.41, 5.74) is -1.74. The minimum absolute atomic E-state index is 0.0828. The highest BCUT2D eigenvalue weighted by Crippen LogP contribution is 2.34. The Morgan fingerprint density at radius 3 is 2.06 bits per heavy atom. The van der Waals surface area contributed by atoms with Crippen molar-refractivity contribution in [2.24, 2.45) is 0 Å². The number of aliphatic hydroxyl groups is 3. The number of ketones is 1. The molecule has 194 valence electrons. The molecule has 36 heavy (non-hydrogen) atoms. The third-order valence-electron chi connectivity index (χ3n) is 7.36. The standard InChI is InChI=1S/C27H31F3N2O4/c28-21-3-1-20(2-4-21)26(35)6-13-32(14-7-26)18-25(34)27(36)8-11-31(12-9-27)10-5-24(33)19-15-22(29)17-23(30)16-19/h1-5,10,15-17,25,34-36H,6-9,11-14,18H2. The van der Waals surface area contributed by atoms with E-state index in [1.54, 1.807) is 12.1 Å². The van der Waals surface area contributed by atoms with E-state index in [9.17, 15) is 33.3 Å². The minimum Gasteiger partial charge on any atom is -0.389 e. The molecule has 1 unspecified atom stereocenters. The normalized spacial score (nSPS) is 21.0. The van der Waals surface area contributed by atoms with Crippen molar-refractivity contribution >= 4 is 5.78 Å². The number of hydrogen-bond acceptors (Lipinski definition) is 6. The van der Waals surface area contributed by atoms with Crippen LogP contribution in [-0.2, 0) is 5.60 Å². The summed E-state index contributed by atoms with van der Waals surface area (Å²) in [7, 11) is 0. The number of nitrogens with zero attached hydrogens (tertiary/aromatic N) is 2. The average molecular weight is 505 g/mol. The van der Waals surface area contributed by atoms with Gasteiger partial charge in [-0.15, -0.1) is 0 Å². The van der Waals surface area contributed by atoms with E-state index in [1.807, 2.05) is 9.80 Å². The molecule has 4 rings (SSSR count). The van der Waals surface area contributed by atoms with Gasteiger partial charge in [0.2, 0.25) is 0 Å². The van der Waals surface area contributed by atoms with E-state index >= 15 is 0 Å². The number of carbonyl (C=O) groups excluding carboxylic acids is 1. The van der Waals surface area contributed by atoms with Gasteiger partial charge >= 0.3 is 0 Å². The third-order valence-corrected chi connectivity index (χ3v) is 7.36. The van der Waals surface area contributed by atoms with E-state index in [-0.39, 0.29) is 30.8 Å². The van der Waals surface area contributed by atoms with Crippen LogP contribution in [0, 0.1) is 17.5 Å². The molecule has 0 spiro atoms. The molecule has 0 saturated carbocycles. The van der Waals surface area contributed by atoms with Crippen molar-refractivity contribution in [3.05, 3.63) is 83.3 Å². The Hall–Kier alpha value is -2.72. The number of rotatable bonds is 7. The number of halogens is 3. The molecule has 6 nitrogen and oxygen atoms in total. The summed E-state index contributed by atoms with van der Waals surface area (Å²) in [6.07, 6.45) is 3.24. The number of allylic oxidation sites excluding steroid dienone is 1. The van der Waals surface area contributed by atoms with Crippen LogP contribution in [0.5, 0.6) is 0 Å². The molecule has 2 aromatic carbocycles. The topological polar surface area (TPSA) is 84.2 Å². The van der Waals surface area contributed by atoms with Crippen LogP contribution in [0.3, 0.4) is 0 Å². The predicted molar refractivity (Wildman–Crippen MR) is 128 cm³/mol. The molecule has 2 aromatic rings. The smallest absolute Gasteiger partial charge is 0.187 e. The molecule has 0 bridgehead atoms. The van der Waals surface area contributed by atoms with Crippen molar-refractivity contribution in [1.82, 2.24) is 9.80 Å². The molecule has 2 saturated heterocycles. The SMILES string of the molecule is O=C(C=CN1CCC(O)(C(O)CN2CCC(O)(c3ccc(F)cc3)CC2)CC1)c1cc(F)cc(F)c1. The van der Waals surface area contributed by atoms with Gasteiger partial charge in [-0.25, -0.2) is 13.2 Å². The Morgan fingerprint density at radius 2 is 1.47 bits per heavy atom. The van der Waals surface area contributed by atoms with Gasteiger partial charge in [-0.1, -0.05) is 12.1 Å². The quantitative estimate of drug-likeness (QED) is 0.397. The molecular weight excluding hydrogens is 473 g/mol. The Labute approximate surface area is 208 Å². The Kier molecular flexibility index (Phi) is 7.85. The maximum atomic E-state index is 13.3. The van der Waals surface area contributed by atoms with E-state index in [2.05, 4.69) is 0 Å². The van der Waals surface area contributed by atoms with Gasteiger partial charge < -0.3 is 25.1 Å². The van der Waals surface area contributed by atoms with E-state index in [1.165, 1.54) is 24.4 Å². The first-order valence-electron chi connectivity index (χ1n) is 12.1. The first-order valence-corrected chi connectivity index (χ1v) is 12.1. The summed E-state index contributed by atoms with van der Waals surface area (Å²) in [4.78, 5) is 16.0. The van der Waals surface area contributed by atoms with Crippen molar-refractivity contribution in [2.45, 2.75) is 43.0 Å². The van der Waals surface area contributed by atoms with E-state index in [0.717, 1.165) is 12.1 Å². The van der Waals surface area contributed by atoms with Crippen molar-refractivity contribution in [3.8, 4) is 0 Å². The highest BCUT2D eigenvalue weighted by molar-refractivity contribution is 6.04. The lowest BCUT2D eigenvalue weighted by Crippen LogP contribution is -2.55. The number of carbonyl (C=O) groups is 1. The fourth-order valence-electron chi connectivity index (χ4n) is 4.93. The second-order valence-corrected chi connectivity index (χ2v) is 9.83. The molecule has 3 N–H and O–H groups in total. The van der Waals surface area contributed by atoms with Gasteiger partial charge in [-0.05, 0) is 55.5 Å². The van der Waals surface area contributed by atoms with Crippen LogP contribution in [-0.4, -0.2) is 75.3 Å². The van der Waals surface area contributed by atoms with Crippen LogP contribution in [0.25, 0.3) is 0 Å². The number of aliphatic hydroxyl groups excluding tert-OH is 1. The number of β-amino-alcohol motifs (C(OH)–C–C–N with tert-alkyl or cyclic N) is 1. The van der Waals surface area contributed by atoms with Crippen molar-refractivity contribution in [2.75, 3.05) is 32.7 Å². The largest absolute Gasteiger partial charge is 0.389 e. The predicted octanol–water partition coefficient (Wildman–Crippen LogP) is 2.97. The van der Waals surface area contributed by atoms with Gasteiger partial charge in [0, 0.05) is 56.6 Å². The summed E-state index contributed by atoms with van der Waals surface area (Å²) >= 11 is 0. The van der Waals surface area contributed by atoms with Gasteiger partial charge in [-0.2, -0.15) is 0 Å². The zero-order valence-electron chi connectivity index (χ0n) is 19.9. The Bertz CT molecular complexity index is 1070. The molecule has 0 amide bonds. The molecule has 2 heterocycles. The van der Waals surface area contributed by atoms with Gasteiger partial charge in [0.25, 0.3) is 0 Å². The average Bonchev–Trinajstić information content (AvgIpc) is 2.85. The number of piperidine rings is 2. The fraction of sp³-hybridized carbons (Fsp3) is 0.444. The molecule has 2 fully saturated rings. The van der Waals surface area contributed by atoms with Crippen molar-refractivity contribution < 1.29 is 33.3 Å². The number of hydrogen-bond donors (Lipinski definition) is 3. The lowest BCUT2D eigenvalue weighted by molar-refractivity contribution is -0.119. The zero-order chi connectivity index (χ0) is 25.9. The fourth-order valence-corrected chi connectivity index (χ4v) is 4.93. The monoisotopic (exact) mass is 504 g/mol. The van der Waals surface area contributed by atoms with Crippen LogP contribution in [0.15, 0.2) is 54.7 Å². The maximum absolute atomic E-state index is 13.3. The lowest BCUT2D eigenvalue weighted by atomic mass is 9.83. The Balaban J connectivity index is 1.26. The van der Waals surface area contributed by atoms with Gasteiger partial charge in [0.15, 0.2) is 5.78 Å². The van der Waals surface area contributed by atoms with Crippen molar-refractivity contribution in [1.29, 1.82) is 0 Å². The summed E-state index contributed by atoms with van der Waals surface area (Å²) in [6, 6.07) is 8.50. The van der Waals surface area contributed by atoms with Crippen molar-refractivity contribution in [3.63, 3.8) is 0 Å². The second-order valence-electron chi connectivity index (χ2n) is 9.83. The maximum Gasteiger partial charge on any atom is 0.187 e. The van der Waals surface area contributed by atoms with Crippen LogP contribution in [0.4, 0.5) is 13.2 Å². The lowest BCUT2D eigenvalue weighted by Gasteiger charge is -2.44. The van der Waals surface area contributed by atoms with Gasteiger partial charge in [0.1, 0.15) is 17.5 Å². The first kappa shape index (κ1) is 26.3. The van der Waals surface area contributed by atoms with Crippen LogP contribution >= 0.6 is 0 Å². The molecule has 0 radical (unpaired) electrons. The molecule has 0 aliphatic carbocycles. The summed E-state index contributed by atoms with van der Waals surface area (Å²) in [5, 5.41) is 32.8. The summed E-state index contributed by atoms with van der Waals surface area (Å²) in [6.45, 7) is 2.12. The highest BCUT2D eigenvalue weighted by Gasteiger charge is 2.41. The molecule has 2 aliphatic rings. The minimum atomic E-state index is -1.29. The van der Waals surface area contributed by atoms with Crippen LogP contribution in [0.2, 0.25) is 0 Å². The van der Waals surface area contributed by atoms with E-state index in [0.29, 0.717) is 50.7 Å². The third kappa shape index (κ3) is 6.15. The molecule has 9 heteroatoms. The van der Waals surface area contributed by atoms with Gasteiger partial charge in [-0.3, -0.25) is 4.79 Å². The zero-order valence-corrected chi connectivity index (χ0v) is 19.9. The van der Waals surface area contributed by atoms with Crippen LogP contribution < -0.4 is 0 Å². The molecule has 0 aromatic heterocycles.